The van der Waals surface area contributed by atoms with Gasteiger partial charge in [-0.3, -0.25) is 9.78 Å². The number of carbonyl (C=O) groups excluding carboxylic acids is 1. The fourth-order valence-electron chi connectivity index (χ4n) is 6.30. The standard InChI is InChI=1S/C30H33F2N7O2/c1-16-10-18(11-24(33)28(16)36-17(2)40)21-6-9-34-15-26(21)37-29-35-14-20-4-5-25(38-39(20)29)27-22(31)12-19(13-23(27)32)30(41)7-3-8-30/h4-6,9,12-16,18,24,28,41H,3,7-8,10-11,33H2,1-2H3,(H,35,37)(H,36,40)/t16-,18+,24+,28-/m0/s1. The number of fused-ring (bicyclic) bond motifs is 1. The van der Waals surface area contributed by atoms with Crippen LogP contribution in [0.3, 0.4) is 0 Å². The molecule has 0 radical (unpaired) electrons. The van der Waals surface area contributed by atoms with Gasteiger partial charge in [0.15, 0.2) is 0 Å². The number of carbonyl (C=O) groups is 1. The van der Waals surface area contributed by atoms with Gasteiger partial charge in [0, 0.05) is 25.2 Å². The Balaban J connectivity index is 1.30. The number of imidazole rings is 1. The first-order chi connectivity index (χ1) is 19.6. The van der Waals surface area contributed by atoms with Crippen LogP contribution in [0.1, 0.15) is 63.0 Å². The van der Waals surface area contributed by atoms with Crippen molar-refractivity contribution in [3.8, 4) is 11.3 Å². The van der Waals surface area contributed by atoms with Gasteiger partial charge in [-0.05, 0) is 85.4 Å². The summed E-state index contributed by atoms with van der Waals surface area (Å²) in [5.74, 6) is -0.995. The van der Waals surface area contributed by atoms with Crippen molar-refractivity contribution in [1.29, 1.82) is 0 Å². The van der Waals surface area contributed by atoms with Crippen LogP contribution in [0.15, 0.2) is 48.9 Å². The topological polar surface area (TPSA) is 130 Å². The quantitative estimate of drug-likeness (QED) is 0.272. The van der Waals surface area contributed by atoms with E-state index < -0.39 is 17.2 Å². The van der Waals surface area contributed by atoms with Crippen molar-refractivity contribution in [2.45, 2.75) is 69.6 Å². The molecule has 2 aliphatic carbocycles. The van der Waals surface area contributed by atoms with Crippen LogP contribution in [0.4, 0.5) is 20.4 Å². The number of nitrogens with zero attached hydrogens (tertiary/aromatic N) is 4. The van der Waals surface area contributed by atoms with E-state index in [0.29, 0.717) is 30.7 Å². The van der Waals surface area contributed by atoms with Crippen LogP contribution < -0.4 is 16.4 Å². The van der Waals surface area contributed by atoms with Crippen LogP contribution in [0.5, 0.6) is 0 Å². The number of hydrogen-bond acceptors (Lipinski definition) is 7. The van der Waals surface area contributed by atoms with E-state index in [1.807, 2.05) is 6.07 Å². The molecule has 2 aliphatic rings. The lowest BCUT2D eigenvalue weighted by atomic mass is 9.73. The van der Waals surface area contributed by atoms with Crippen LogP contribution in [-0.4, -0.2) is 42.7 Å². The third kappa shape index (κ3) is 5.04. The molecule has 214 valence electrons. The van der Waals surface area contributed by atoms with E-state index in [-0.39, 0.29) is 46.6 Å². The molecule has 11 heteroatoms. The van der Waals surface area contributed by atoms with Gasteiger partial charge < -0.3 is 21.5 Å². The SMILES string of the molecule is CC(=O)N[C@@H]1[C@H](N)C[C@H](c2ccncc2Nc2ncc3ccc(-c4c(F)cc(C5(O)CCC5)cc4F)nn23)C[C@@H]1C. The molecule has 1 amide bonds. The van der Waals surface area contributed by atoms with Gasteiger partial charge in [-0.1, -0.05) is 6.92 Å². The average Bonchev–Trinajstić information content (AvgIpc) is 3.31. The van der Waals surface area contributed by atoms with Gasteiger partial charge in [0.2, 0.25) is 11.9 Å². The Morgan fingerprint density at radius 3 is 2.56 bits per heavy atom. The molecule has 0 bridgehead atoms. The second-order valence-electron chi connectivity index (χ2n) is 11.5. The molecule has 2 saturated carbocycles. The number of anilines is 2. The number of rotatable bonds is 6. The minimum Gasteiger partial charge on any atom is -0.385 e. The number of nitrogens with two attached hydrogens (primary N) is 1. The summed E-state index contributed by atoms with van der Waals surface area (Å²) in [4.78, 5) is 20.4. The van der Waals surface area contributed by atoms with Crippen molar-refractivity contribution in [3.05, 3.63) is 71.7 Å². The fourth-order valence-corrected chi connectivity index (χ4v) is 6.30. The monoisotopic (exact) mass is 561 g/mol. The molecule has 1 aromatic carbocycles. The molecule has 0 spiro atoms. The van der Waals surface area contributed by atoms with Crippen molar-refractivity contribution in [1.82, 2.24) is 24.9 Å². The zero-order valence-electron chi connectivity index (χ0n) is 22.9. The zero-order chi connectivity index (χ0) is 28.9. The lowest BCUT2D eigenvalue weighted by Gasteiger charge is -2.39. The number of halogens is 2. The number of hydrogen-bond donors (Lipinski definition) is 4. The molecule has 3 heterocycles. The maximum absolute atomic E-state index is 15.2. The first-order valence-electron chi connectivity index (χ1n) is 13.9. The van der Waals surface area contributed by atoms with E-state index in [1.165, 1.54) is 23.6 Å². The highest BCUT2D eigenvalue weighted by atomic mass is 19.1. The second kappa shape index (κ2) is 10.5. The number of aromatic nitrogens is 4. The van der Waals surface area contributed by atoms with E-state index in [9.17, 15) is 9.90 Å². The molecule has 41 heavy (non-hydrogen) atoms. The van der Waals surface area contributed by atoms with Crippen LogP contribution in [0.25, 0.3) is 16.8 Å². The number of amides is 1. The van der Waals surface area contributed by atoms with Crippen molar-refractivity contribution in [2.75, 3.05) is 5.32 Å². The molecular formula is C30H33F2N7O2. The van der Waals surface area contributed by atoms with Crippen LogP contribution in [-0.2, 0) is 10.4 Å². The minimum absolute atomic E-state index is 0.0904. The summed E-state index contributed by atoms with van der Waals surface area (Å²) >= 11 is 0. The lowest BCUT2D eigenvalue weighted by molar-refractivity contribution is -0.120. The molecule has 4 atom stereocenters. The molecule has 0 unspecified atom stereocenters. The fraction of sp³-hybridized carbons (Fsp3) is 0.400. The summed E-state index contributed by atoms with van der Waals surface area (Å²) in [6.07, 6.45) is 8.35. The smallest absolute Gasteiger partial charge is 0.229 e. The number of aliphatic hydroxyl groups is 1. The third-order valence-corrected chi connectivity index (χ3v) is 8.60. The Kier molecular flexibility index (Phi) is 6.95. The van der Waals surface area contributed by atoms with Gasteiger partial charge in [-0.2, -0.15) is 9.61 Å². The molecule has 2 fully saturated rings. The molecule has 0 saturated heterocycles. The highest BCUT2D eigenvalue weighted by Gasteiger charge is 2.38. The first kappa shape index (κ1) is 27.2. The summed E-state index contributed by atoms with van der Waals surface area (Å²) in [6, 6.07) is 7.29. The first-order valence-corrected chi connectivity index (χ1v) is 13.9. The number of nitrogens with one attached hydrogen (secondary N) is 2. The van der Waals surface area contributed by atoms with Crippen LogP contribution in [0.2, 0.25) is 0 Å². The Labute approximate surface area is 236 Å². The summed E-state index contributed by atoms with van der Waals surface area (Å²) in [5.41, 5.74) is 7.78. The largest absolute Gasteiger partial charge is 0.385 e. The highest BCUT2D eigenvalue weighted by molar-refractivity contribution is 5.73. The van der Waals surface area contributed by atoms with Gasteiger partial charge in [0.25, 0.3) is 0 Å². The van der Waals surface area contributed by atoms with E-state index in [0.717, 1.165) is 24.1 Å². The normalized spacial score (nSPS) is 23.7. The van der Waals surface area contributed by atoms with Gasteiger partial charge >= 0.3 is 0 Å². The van der Waals surface area contributed by atoms with Crippen molar-refractivity contribution in [3.63, 3.8) is 0 Å². The molecular weight excluding hydrogens is 528 g/mol. The maximum atomic E-state index is 15.2. The third-order valence-electron chi connectivity index (χ3n) is 8.60. The molecule has 5 N–H and O–H groups in total. The van der Waals surface area contributed by atoms with Gasteiger partial charge in [-0.25, -0.2) is 13.8 Å². The Bertz CT molecular complexity index is 1580. The molecule has 4 aromatic rings. The summed E-state index contributed by atoms with van der Waals surface area (Å²) in [6.45, 7) is 3.59. The van der Waals surface area contributed by atoms with E-state index >= 15 is 8.78 Å². The Hall–Kier alpha value is -3.96. The van der Waals surface area contributed by atoms with E-state index in [2.05, 4.69) is 32.6 Å². The van der Waals surface area contributed by atoms with E-state index in [1.54, 1.807) is 30.7 Å². The van der Waals surface area contributed by atoms with Gasteiger partial charge in [0.1, 0.15) is 11.6 Å². The second-order valence-corrected chi connectivity index (χ2v) is 11.5. The summed E-state index contributed by atoms with van der Waals surface area (Å²) in [7, 11) is 0. The number of pyridine rings is 1. The summed E-state index contributed by atoms with van der Waals surface area (Å²) in [5, 5.41) is 21.4. The average molecular weight is 562 g/mol. The summed E-state index contributed by atoms with van der Waals surface area (Å²) < 4.78 is 31.9. The van der Waals surface area contributed by atoms with Crippen molar-refractivity contribution in [2.24, 2.45) is 11.7 Å². The Morgan fingerprint density at radius 1 is 1.15 bits per heavy atom. The Morgan fingerprint density at radius 2 is 1.90 bits per heavy atom. The predicted octanol–water partition coefficient (Wildman–Crippen LogP) is 4.53. The molecule has 9 nitrogen and oxygen atoms in total. The van der Waals surface area contributed by atoms with Crippen LogP contribution >= 0.6 is 0 Å². The van der Waals surface area contributed by atoms with Crippen molar-refractivity contribution < 1.29 is 18.7 Å². The highest BCUT2D eigenvalue weighted by Crippen LogP contribution is 2.43. The number of benzene rings is 1. The lowest BCUT2D eigenvalue weighted by Crippen LogP contribution is -2.54. The molecule has 0 aliphatic heterocycles. The minimum atomic E-state index is -1.18. The molecule has 3 aromatic heterocycles. The van der Waals surface area contributed by atoms with Gasteiger partial charge in [0.05, 0.1) is 40.5 Å². The molecule has 6 rings (SSSR count). The maximum Gasteiger partial charge on any atom is 0.229 e. The predicted molar refractivity (Wildman–Crippen MR) is 150 cm³/mol. The zero-order valence-corrected chi connectivity index (χ0v) is 22.9. The van der Waals surface area contributed by atoms with Crippen LogP contribution in [0, 0.1) is 17.6 Å². The van der Waals surface area contributed by atoms with Crippen molar-refractivity contribution >= 4 is 23.1 Å². The van der Waals surface area contributed by atoms with Gasteiger partial charge in [-0.15, -0.1) is 0 Å². The van der Waals surface area contributed by atoms with E-state index in [4.69, 9.17) is 5.73 Å².